The number of ether oxygens (including phenoxy) is 3. The molecule has 0 fully saturated rings. The Bertz CT molecular complexity index is 902. The number of carbonyl (C=O) groups is 2. The molecular formula is C57H110O5. The minimum atomic E-state index is -0.526. The molecule has 0 bridgehead atoms. The van der Waals surface area contributed by atoms with E-state index in [1.807, 2.05) is 0 Å². The molecule has 62 heavy (non-hydrogen) atoms. The molecule has 0 spiro atoms. The third-order valence-electron chi connectivity index (χ3n) is 12.8. The zero-order valence-electron chi connectivity index (χ0n) is 42.4. The molecule has 0 aliphatic carbocycles. The van der Waals surface area contributed by atoms with Crippen molar-refractivity contribution < 1.29 is 23.8 Å². The van der Waals surface area contributed by atoms with E-state index in [4.69, 9.17) is 14.2 Å². The molecule has 0 amide bonds. The van der Waals surface area contributed by atoms with E-state index < -0.39 is 6.10 Å². The average Bonchev–Trinajstić information content (AvgIpc) is 3.27. The molecule has 0 saturated heterocycles. The maximum absolute atomic E-state index is 12.7. The highest BCUT2D eigenvalue weighted by Gasteiger charge is 2.17. The number of esters is 2. The van der Waals surface area contributed by atoms with Gasteiger partial charge in [0.1, 0.15) is 6.61 Å². The van der Waals surface area contributed by atoms with E-state index >= 15 is 0 Å². The molecule has 0 aromatic rings. The van der Waals surface area contributed by atoms with E-state index in [2.05, 4.69) is 32.9 Å². The van der Waals surface area contributed by atoms with Gasteiger partial charge in [0, 0.05) is 19.4 Å². The van der Waals surface area contributed by atoms with Gasteiger partial charge in [-0.15, -0.1) is 0 Å². The zero-order valence-corrected chi connectivity index (χ0v) is 42.4. The molecule has 0 N–H and O–H groups in total. The van der Waals surface area contributed by atoms with Gasteiger partial charge in [-0.1, -0.05) is 270 Å². The van der Waals surface area contributed by atoms with Crippen molar-refractivity contribution in [1.82, 2.24) is 0 Å². The Morgan fingerprint density at radius 3 is 0.984 bits per heavy atom. The van der Waals surface area contributed by atoms with Gasteiger partial charge in [0.15, 0.2) is 6.10 Å². The molecule has 5 nitrogen and oxygen atoms in total. The number of rotatable bonds is 53. The number of unbranched alkanes of at least 4 members (excludes halogenated alkanes) is 40. The number of hydrogen-bond acceptors (Lipinski definition) is 5. The summed E-state index contributed by atoms with van der Waals surface area (Å²) < 4.78 is 17.4. The molecule has 0 heterocycles. The highest BCUT2D eigenvalue weighted by atomic mass is 16.6. The van der Waals surface area contributed by atoms with Crippen LogP contribution in [0.1, 0.15) is 316 Å². The molecule has 0 aromatic carbocycles. The first-order valence-electron chi connectivity index (χ1n) is 28.2. The Balaban J connectivity index is 4.01. The predicted octanol–water partition coefficient (Wildman–Crippen LogP) is 19.0. The summed E-state index contributed by atoms with van der Waals surface area (Å²) in [7, 11) is 0. The Kier molecular flexibility index (Phi) is 52.8. The predicted molar refractivity (Wildman–Crippen MR) is 270 cm³/mol. The first kappa shape index (κ1) is 60.6. The van der Waals surface area contributed by atoms with E-state index in [1.165, 1.54) is 250 Å². The van der Waals surface area contributed by atoms with Crippen LogP contribution in [-0.2, 0) is 23.8 Å². The summed E-state index contributed by atoms with van der Waals surface area (Å²) in [5, 5.41) is 0. The lowest BCUT2D eigenvalue weighted by Crippen LogP contribution is -2.30. The summed E-state index contributed by atoms with van der Waals surface area (Å²) in [6.07, 6.45) is 62.5. The van der Waals surface area contributed by atoms with Crippen molar-refractivity contribution in [2.45, 2.75) is 322 Å². The van der Waals surface area contributed by atoms with Gasteiger partial charge in [0.2, 0.25) is 0 Å². The lowest BCUT2D eigenvalue weighted by molar-refractivity contribution is -0.163. The monoisotopic (exact) mass is 875 g/mol. The third kappa shape index (κ3) is 51.3. The van der Waals surface area contributed by atoms with E-state index in [-0.39, 0.29) is 18.5 Å². The van der Waals surface area contributed by atoms with Crippen LogP contribution in [0.25, 0.3) is 0 Å². The van der Waals surface area contributed by atoms with Gasteiger partial charge in [-0.3, -0.25) is 9.59 Å². The van der Waals surface area contributed by atoms with Crippen molar-refractivity contribution in [3.8, 4) is 0 Å². The van der Waals surface area contributed by atoms with Gasteiger partial charge in [-0.25, -0.2) is 0 Å². The second kappa shape index (κ2) is 54.0. The molecule has 5 heteroatoms. The molecular weight excluding hydrogens is 765 g/mol. The summed E-state index contributed by atoms with van der Waals surface area (Å²) in [6.45, 7) is 7.86. The van der Waals surface area contributed by atoms with Crippen molar-refractivity contribution >= 4 is 11.9 Å². The highest BCUT2D eigenvalue weighted by molar-refractivity contribution is 5.70. The summed E-state index contributed by atoms with van der Waals surface area (Å²) in [4.78, 5) is 25.3. The van der Waals surface area contributed by atoms with E-state index in [1.54, 1.807) is 0 Å². The van der Waals surface area contributed by atoms with Crippen molar-refractivity contribution in [2.75, 3.05) is 19.8 Å². The molecule has 0 saturated carbocycles. The van der Waals surface area contributed by atoms with Gasteiger partial charge in [-0.2, -0.15) is 0 Å². The Labute approximate surface area is 388 Å². The minimum absolute atomic E-state index is 0.0930. The quantitative estimate of drug-likeness (QED) is 0.0346. The van der Waals surface area contributed by atoms with Crippen LogP contribution >= 0.6 is 0 Å². The Hall–Kier alpha value is -1.36. The molecule has 0 aliphatic heterocycles. The maximum Gasteiger partial charge on any atom is 0.306 e. The van der Waals surface area contributed by atoms with Gasteiger partial charge in [-0.05, 0) is 44.9 Å². The lowest BCUT2D eigenvalue weighted by Gasteiger charge is -2.18. The topological polar surface area (TPSA) is 61.8 Å². The third-order valence-corrected chi connectivity index (χ3v) is 12.8. The van der Waals surface area contributed by atoms with Crippen LogP contribution in [0.5, 0.6) is 0 Å². The summed E-state index contributed by atoms with van der Waals surface area (Å²) >= 11 is 0. The van der Waals surface area contributed by atoms with Crippen molar-refractivity contribution in [3.63, 3.8) is 0 Å². The molecule has 0 radical (unpaired) electrons. The highest BCUT2D eigenvalue weighted by Crippen LogP contribution is 2.17. The van der Waals surface area contributed by atoms with Crippen LogP contribution in [0.3, 0.4) is 0 Å². The molecule has 0 aliphatic rings. The molecule has 1 unspecified atom stereocenters. The van der Waals surface area contributed by atoms with Crippen LogP contribution in [0.4, 0.5) is 0 Å². The fraction of sp³-hybridized carbons (Fsp3) is 0.930. The second-order valence-corrected chi connectivity index (χ2v) is 19.2. The molecule has 0 aromatic heterocycles. The van der Waals surface area contributed by atoms with Crippen LogP contribution in [0.15, 0.2) is 12.2 Å². The first-order chi connectivity index (χ1) is 30.6. The summed E-state index contributed by atoms with van der Waals surface area (Å²) in [5.41, 5.74) is 0. The van der Waals surface area contributed by atoms with Crippen LogP contribution in [0.2, 0.25) is 0 Å². The smallest absolute Gasteiger partial charge is 0.306 e. The van der Waals surface area contributed by atoms with Gasteiger partial charge in [0.05, 0.1) is 6.61 Å². The molecule has 368 valence electrons. The number of allylic oxidation sites excluding steroid dienone is 2. The number of carbonyl (C=O) groups excluding carboxylic acids is 2. The first-order valence-corrected chi connectivity index (χ1v) is 28.2. The fourth-order valence-corrected chi connectivity index (χ4v) is 8.57. The zero-order chi connectivity index (χ0) is 44.9. The second-order valence-electron chi connectivity index (χ2n) is 19.2. The molecule has 0 rings (SSSR count). The average molecular weight is 876 g/mol. The summed E-state index contributed by atoms with van der Waals surface area (Å²) in [6, 6.07) is 0. The maximum atomic E-state index is 12.7. The van der Waals surface area contributed by atoms with Crippen molar-refractivity contribution in [1.29, 1.82) is 0 Å². The molecule has 1 atom stereocenters. The van der Waals surface area contributed by atoms with Crippen LogP contribution in [0, 0.1) is 0 Å². The van der Waals surface area contributed by atoms with E-state index in [0.29, 0.717) is 26.1 Å². The van der Waals surface area contributed by atoms with Gasteiger partial charge >= 0.3 is 11.9 Å². The van der Waals surface area contributed by atoms with Gasteiger partial charge < -0.3 is 14.2 Å². The minimum Gasteiger partial charge on any atom is -0.462 e. The van der Waals surface area contributed by atoms with Crippen molar-refractivity contribution in [2.24, 2.45) is 0 Å². The van der Waals surface area contributed by atoms with Crippen LogP contribution in [-0.4, -0.2) is 37.9 Å². The number of hydrogen-bond donors (Lipinski definition) is 0. The van der Waals surface area contributed by atoms with Crippen molar-refractivity contribution in [3.05, 3.63) is 12.2 Å². The van der Waals surface area contributed by atoms with Crippen LogP contribution < -0.4 is 0 Å². The van der Waals surface area contributed by atoms with Gasteiger partial charge in [0.25, 0.3) is 0 Å². The van der Waals surface area contributed by atoms with E-state index in [9.17, 15) is 9.59 Å². The normalized spacial score (nSPS) is 12.1. The standard InChI is InChI=1S/C57H110O5/c1-4-7-10-13-16-18-20-22-24-26-28-30-32-34-36-38-40-43-46-49-52-60-53-55(62-57(59)51-48-45-41-15-12-9-6-3)54-61-56(58)50-47-44-42-39-37-35-33-31-29-27-25-23-21-19-17-14-11-8-5-2/h23,25,55H,4-22,24,26-54H2,1-3H3/b25-23-. The SMILES string of the molecule is CCCCCCCC/C=C\CCCCCCCCCCCC(=O)OCC(COCCCCCCCCCCCCCCCCCCCCCC)OC(=O)CCCCCCCCC. The lowest BCUT2D eigenvalue weighted by atomic mass is 10.0. The Morgan fingerprint density at radius 2 is 0.629 bits per heavy atom. The summed E-state index contributed by atoms with van der Waals surface area (Å²) in [5.74, 6) is -0.383. The Morgan fingerprint density at radius 1 is 0.339 bits per heavy atom. The largest absolute Gasteiger partial charge is 0.462 e. The van der Waals surface area contributed by atoms with E-state index in [0.717, 1.165) is 32.1 Å². The fourth-order valence-electron chi connectivity index (χ4n) is 8.57.